The van der Waals surface area contributed by atoms with E-state index in [2.05, 4.69) is 31.9 Å². The van der Waals surface area contributed by atoms with E-state index in [0.29, 0.717) is 0 Å². The van der Waals surface area contributed by atoms with Gasteiger partial charge in [-0.2, -0.15) is 0 Å². The van der Waals surface area contributed by atoms with Crippen molar-refractivity contribution in [2.75, 3.05) is 6.61 Å². The van der Waals surface area contributed by atoms with E-state index in [1.165, 1.54) is 12.1 Å². The fourth-order valence-corrected chi connectivity index (χ4v) is 2.33. The first-order chi connectivity index (χ1) is 7.29. The monoisotopic (exact) mass is 395 g/mol. The number of rotatable bonds is 3. The van der Waals surface area contributed by atoms with Gasteiger partial charge in [-0.1, -0.05) is 0 Å². The van der Waals surface area contributed by atoms with Gasteiger partial charge in [0.1, 0.15) is 12.4 Å². The normalized spacial score (nSPS) is 13.1. The Kier molecular flexibility index (Phi) is 6.30. The first-order valence-electron chi connectivity index (χ1n) is 4.21. The molecule has 0 aliphatic carbocycles. The Morgan fingerprint density at radius 3 is 2.06 bits per heavy atom. The molecule has 98 valence electrons. The number of aromatic hydroxyl groups is 1. The van der Waals surface area contributed by atoms with Crippen LogP contribution in [0.1, 0.15) is 11.6 Å². The molecule has 0 aliphatic heterocycles. The van der Waals surface area contributed by atoms with Crippen molar-refractivity contribution >= 4 is 44.3 Å². The van der Waals surface area contributed by atoms with Crippen molar-refractivity contribution in [3.63, 3.8) is 0 Å². The maximum absolute atomic E-state index is 13.1. The second-order valence-electron chi connectivity index (χ2n) is 3.23. The molecule has 1 aromatic carbocycles. The number of aliphatic hydroxyl groups excluding tert-OH is 1. The molecule has 0 fully saturated rings. The Labute approximate surface area is 120 Å². The van der Waals surface area contributed by atoms with Gasteiger partial charge in [0.05, 0.1) is 15.0 Å². The molecule has 3 nitrogen and oxygen atoms in total. The first kappa shape index (κ1) is 17.1. The molecule has 1 rings (SSSR count). The van der Waals surface area contributed by atoms with Crippen molar-refractivity contribution in [3.05, 3.63) is 26.6 Å². The van der Waals surface area contributed by atoms with E-state index in [-0.39, 0.29) is 32.7 Å². The van der Waals surface area contributed by atoms with Crippen LogP contribution in [-0.4, -0.2) is 22.7 Å². The molecule has 8 heteroatoms. The van der Waals surface area contributed by atoms with Crippen LogP contribution < -0.4 is 5.73 Å². The maximum Gasteiger partial charge on any atom is 0.289 e. The Hall–Kier alpha value is 0.0500. The van der Waals surface area contributed by atoms with Gasteiger partial charge in [0.25, 0.3) is 5.92 Å². The van der Waals surface area contributed by atoms with Crippen LogP contribution in [-0.2, 0) is 0 Å². The zero-order valence-corrected chi connectivity index (χ0v) is 12.3. The van der Waals surface area contributed by atoms with E-state index in [9.17, 15) is 13.9 Å². The predicted octanol–water partition coefficient (Wildman–Crippen LogP) is 2.97. The summed E-state index contributed by atoms with van der Waals surface area (Å²) in [6.45, 7) is -1.33. The second-order valence-corrected chi connectivity index (χ2v) is 4.94. The molecule has 0 saturated carbocycles. The van der Waals surface area contributed by atoms with Crippen LogP contribution in [0.2, 0.25) is 0 Å². The Balaban J connectivity index is 0.00000256. The standard InChI is InChI=1S/C9H9Br2F2NO2.ClH/c10-5-1-4(2-6(11)7(5)16)8(14)9(12,13)3-15;/h1-2,8,15-16H,3,14H2;1H/t8-;/m1./s1. The molecule has 0 amide bonds. The summed E-state index contributed by atoms with van der Waals surface area (Å²) in [6.07, 6.45) is 0. The Morgan fingerprint density at radius 1 is 1.29 bits per heavy atom. The fourth-order valence-electron chi connectivity index (χ4n) is 1.11. The zero-order valence-electron chi connectivity index (χ0n) is 8.33. The van der Waals surface area contributed by atoms with Crippen molar-refractivity contribution in [2.24, 2.45) is 5.73 Å². The molecule has 1 atom stereocenters. The molecule has 0 bridgehead atoms. The molecule has 0 radical (unpaired) electrons. The van der Waals surface area contributed by atoms with Crippen molar-refractivity contribution < 1.29 is 19.0 Å². The summed E-state index contributed by atoms with van der Waals surface area (Å²) in [4.78, 5) is 0. The van der Waals surface area contributed by atoms with Crippen LogP contribution in [0, 0.1) is 0 Å². The van der Waals surface area contributed by atoms with Gasteiger partial charge in [0, 0.05) is 0 Å². The van der Waals surface area contributed by atoms with Gasteiger partial charge in [-0.15, -0.1) is 12.4 Å². The lowest BCUT2D eigenvalue weighted by Gasteiger charge is -2.22. The number of aliphatic hydroxyl groups is 1. The third-order valence-electron chi connectivity index (χ3n) is 2.06. The summed E-state index contributed by atoms with van der Waals surface area (Å²) in [7, 11) is 0. The number of alkyl halides is 2. The Morgan fingerprint density at radius 2 is 1.71 bits per heavy atom. The van der Waals surface area contributed by atoms with E-state index in [1.807, 2.05) is 0 Å². The molecule has 17 heavy (non-hydrogen) atoms. The van der Waals surface area contributed by atoms with Gasteiger partial charge in [-0.05, 0) is 49.6 Å². The summed E-state index contributed by atoms with van der Waals surface area (Å²) >= 11 is 6.02. The van der Waals surface area contributed by atoms with Crippen LogP contribution in [0.15, 0.2) is 21.1 Å². The van der Waals surface area contributed by atoms with Crippen molar-refractivity contribution in [1.29, 1.82) is 0 Å². The van der Waals surface area contributed by atoms with Crippen LogP contribution in [0.5, 0.6) is 5.75 Å². The highest BCUT2D eigenvalue weighted by molar-refractivity contribution is 9.11. The maximum atomic E-state index is 13.1. The average Bonchev–Trinajstić information content (AvgIpc) is 2.24. The largest absolute Gasteiger partial charge is 0.506 e. The molecule has 4 N–H and O–H groups in total. The lowest BCUT2D eigenvalue weighted by atomic mass is 10.0. The highest BCUT2D eigenvalue weighted by Gasteiger charge is 2.37. The number of phenols is 1. The van der Waals surface area contributed by atoms with Gasteiger partial charge in [0.2, 0.25) is 0 Å². The third-order valence-corrected chi connectivity index (χ3v) is 3.27. The topological polar surface area (TPSA) is 66.5 Å². The van der Waals surface area contributed by atoms with Gasteiger partial charge in [-0.25, -0.2) is 8.78 Å². The Bertz CT molecular complexity index is 384. The smallest absolute Gasteiger partial charge is 0.289 e. The summed E-state index contributed by atoms with van der Waals surface area (Å²) in [5, 5.41) is 17.9. The third kappa shape index (κ3) is 3.75. The molecule has 0 unspecified atom stereocenters. The first-order valence-corrected chi connectivity index (χ1v) is 5.80. The molecule has 0 saturated heterocycles. The predicted molar refractivity (Wildman–Crippen MR) is 69.7 cm³/mol. The highest BCUT2D eigenvalue weighted by Crippen LogP contribution is 2.37. The molecule has 0 heterocycles. The average molecular weight is 397 g/mol. The molecule has 0 aromatic heterocycles. The SMILES string of the molecule is Cl.N[C@H](c1cc(Br)c(O)c(Br)c1)C(F)(F)CO. The minimum absolute atomic E-state index is 0. The number of benzene rings is 1. The van der Waals surface area contributed by atoms with Gasteiger partial charge >= 0.3 is 0 Å². The summed E-state index contributed by atoms with van der Waals surface area (Å²) in [5.74, 6) is -3.50. The molecular weight excluding hydrogens is 387 g/mol. The highest BCUT2D eigenvalue weighted by atomic mass is 79.9. The lowest BCUT2D eigenvalue weighted by Crippen LogP contribution is -2.36. The number of hydrogen-bond donors (Lipinski definition) is 3. The molecule has 0 aliphatic rings. The number of hydrogen-bond acceptors (Lipinski definition) is 3. The minimum Gasteiger partial charge on any atom is -0.506 e. The van der Waals surface area contributed by atoms with Crippen molar-refractivity contribution in [3.8, 4) is 5.75 Å². The fraction of sp³-hybridized carbons (Fsp3) is 0.333. The van der Waals surface area contributed by atoms with Gasteiger partial charge in [-0.3, -0.25) is 0 Å². The van der Waals surface area contributed by atoms with Gasteiger partial charge < -0.3 is 15.9 Å². The molecular formula is C9H10Br2ClF2NO2. The number of nitrogens with two attached hydrogens (primary N) is 1. The van der Waals surface area contributed by atoms with E-state index in [0.717, 1.165) is 0 Å². The van der Waals surface area contributed by atoms with Crippen molar-refractivity contribution in [1.82, 2.24) is 0 Å². The summed E-state index contributed by atoms with van der Waals surface area (Å²) in [6, 6.07) is 0.938. The van der Waals surface area contributed by atoms with E-state index >= 15 is 0 Å². The van der Waals surface area contributed by atoms with E-state index < -0.39 is 18.6 Å². The zero-order chi connectivity index (χ0) is 12.5. The summed E-state index contributed by atoms with van der Waals surface area (Å²) in [5.41, 5.74) is 5.44. The van der Waals surface area contributed by atoms with Crippen LogP contribution in [0.25, 0.3) is 0 Å². The molecule has 0 spiro atoms. The van der Waals surface area contributed by atoms with Crippen LogP contribution in [0.3, 0.4) is 0 Å². The van der Waals surface area contributed by atoms with E-state index in [4.69, 9.17) is 10.8 Å². The second kappa shape index (κ2) is 6.29. The quantitative estimate of drug-likeness (QED) is 0.735. The number of phenolic OH excluding ortho intramolecular Hbond substituents is 1. The van der Waals surface area contributed by atoms with Crippen LogP contribution >= 0.6 is 44.3 Å². The van der Waals surface area contributed by atoms with E-state index in [1.54, 1.807) is 0 Å². The summed E-state index contributed by atoms with van der Waals surface area (Å²) < 4.78 is 26.8. The lowest BCUT2D eigenvalue weighted by molar-refractivity contribution is -0.0712. The van der Waals surface area contributed by atoms with Gasteiger partial charge in [0.15, 0.2) is 0 Å². The van der Waals surface area contributed by atoms with Crippen molar-refractivity contribution in [2.45, 2.75) is 12.0 Å². The molecule has 1 aromatic rings. The van der Waals surface area contributed by atoms with Crippen LogP contribution in [0.4, 0.5) is 8.78 Å². The number of halogens is 5. The minimum atomic E-state index is -3.41.